The normalized spacial score (nSPS) is 30.8. The number of benzene rings is 1. The summed E-state index contributed by atoms with van der Waals surface area (Å²) >= 11 is 0. The summed E-state index contributed by atoms with van der Waals surface area (Å²) in [6.45, 7) is 0.680. The van der Waals surface area contributed by atoms with Gasteiger partial charge < -0.3 is 5.11 Å². The molecule has 1 aromatic carbocycles. The van der Waals surface area contributed by atoms with Gasteiger partial charge in [0.05, 0.1) is 0 Å². The van der Waals surface area contributed by atoms with Crippen molar-refractivity contribution >= 4 is 18.4 Å². The third kappa shape index (κ3) is 1.27. The van der Waals surface area contributed by atoms with Gasteiger partial charge in [0.15, 0.2) is 0 Å². The highest BCUT2D eigenvalue weighted by molar-refractivity contribution is 5.86. The van der Waals surface area contributed by atoms with Crippen molar-refractivity contribution in [3.8, 4) is 0 Å². The first kappa shape index (κ1) is 10.5. The average molecular weight is 226 g/mol. The summed E-state index contributed by atoms with van der Waals surface area (Å²) in [6.07, 6.45) is 0.735. The van der Waals surface area contributed by atoms with Crippen LogP contribution in [0.3, 0.4) is 0 Å². The van der Waals surface area contributed by atoms with Crippen molar-refractivity contribution in [3.05, 3.63) is 35.4 Å². The van der Waals surface area contributed by atoms with E-state index >= 15 is 0 Å². The molecule has 1 aliphatic heterocycles. The van der Waals surface area contributed by atoms with Crippen LogP contribution in [0.2, 0.25) is 0 Å². The first-order valence-corrected chi connectivity index (χ1v) is 4.80. The smallest absolute Gasteiger partial charge is 0.324 e. The summed E-state index contributed by atoms with van der Waals surface area (Å²) in [5.74, 6) is -0.526. The minimum absolute atomic E-state index is 0. The lowest BCUT2D eigenvalue weighted by Gasteiger charge is -2.22. The molecule has 0 radical (unpaired) electrons. The van der Waals surface area contributed by atoms with Gasteiger partial charge in [-0.25, -0.2) is 0 Å². The lowest BCUT2D eigenvalue weighted by molar-refractivity contribution is -0.141. The largest absolute Gasteiger partial charge is 0.480 e. The van der Waals surface area contributed by atoms with Crippen LogP contribution in [-0.4, -0.2) is 16.6 Å². The number of carboxylic acid groups (broad SMARTS) is 1. The number of aliphatic carboxylic acids is 1. The van der Waals surface area contributed by atoms with Crippen molar-refractivity contribution in [1.82, 2.24) is 5.32 Å². The molecule has 2 N–H and O–H groups in total. The van der Waals surface area contributed by atoms with Gasteiger partial charge in [0.2, 0.25) is 0 Å². The van der Waals surface area contributed by atoms with Crippen molar-refractivity contribution in [2.75, 3.05) is 0 Å². The number of carboxylic acids is 1. The molecule has 80 valence electrons. The Bertz CT molecular complexity index is 421. The van der Waals surface area contributed by atoms with E-state index in [1.165, 1.54) is 11.1 Å². The number of nitrogens with one attached hydrogen (secondary N) is 1. The second-order valence-corrected chi connectivity index (χ2v) is 4.09. The molecule has 3 rings (SSSR count). The lowest BCUT2D eigenvalue weighted by atomic mass is 9.96. The minimum Gasteiger partial charge on any atom is -0.480 e. The molecule has 2 atom stereocenters. The molecule has 1 fully saturated rings. The number of rotatable bonds is 1. The number of fused-ring (bicyclic) bond motifs is 3. The van der Waals surface area contributed by atoms with Crippen LogP contribution in [-0.2, 0) is 11.3 Å². The Labute approximate surface area is 93.9 Å². The number of carbonyl (C=O) groups is 1. The second kappa shape index (κ2) is 3.22. The zero-order valence-corrected chi connectivity index (χ0v) is 8.88. The summed E-state index contributed by atoms with van der Waals surface area (Å²) < 4.78 is 0. The zero-order chi connectivity index (χ0) is 9.76. The second-order valence-electron chi connectivity index (χ2n) is 4.09. The molecule has 3 nitrogen and oxygen atoms in total. The van der Waals surface area contributed by atoms with E-state index in [0.717, 1.165) is 6.42 Å². The van der Waals surface area contributed by atoms with E-state index in [0.29, 0.717) is 6.54 Å². The van der Waals surface area contributed by atoms with Crippen LogP contribution in [0, 0.1) is 0 Å². The zero-order valence-electron chi connectivity index (χ0n) is 8.06. The third-order valence-corrected chi connectivity index (χ3v) is 3.37. The molecule has 15 heavy (non-hydrogen) atoms. The van der Waals surface area contributed by atoms with E-state index in [-0.39, 0.29) is 18.3 Å². The molecule has 1 heterocycles. The molecule has 1 saturated carbocycles. The SMILES string of the molecule is Cl.O=C(O)C12CC1c1ccccc1CN2. The molecule has 0 amide bonds. The predicted octanol–water partition coefficient (Wildman–Crippen LogP) is 1.52. The molecule has 0 aromatic heterocycles. The van der Waals surface area contributed by atoms with E-state index in [1.54, 1.807) is 0 Å². The summed E-state index contributed by atoms with van der Waals surface area (Å²) in [7, 11) is 0. The summed E-state index contributed by atoms with van der Waals surface area (Å²) in [5, 5.41) is 12.2. The number of hydrogen-bond acceptors (Lipinski definition) is 2. The van der Waals surface area contributed by atoms with Crippen LogP contribution in [0.25, 0.3) is 0 Å². The third-order valence-electron chi connectivity index (χ3n) is 3.37. The molecule has 4 heteroatoms. The number of halogens is 1. The number of hydrogen-bond donors (Lipinski definition) is 2. The van der Waals surface area contributed by atoms with Gasteiger partial charge >= 0.3 is 5.97 Å². The van der Waals surface area contributed by atoms with Gasteiger partial charge in [-0.2, -0.15) is 0 Å². The van der Waals surface area contributed by atoms with Crippen molar-refractivity contribution in [2.24, 2.45) is 0 Å². The fraction of sp³-hybridized carbons (Fsp3) is 0.364. The highest BCUT2D eigenvalue weighted by atomic mass is 35.5. The van der Waals surface area contributed by atoms with Crippen molar-refractivity contribution in [3.63, 3.8) is 0 Å². The molecule has 2 unspecified atom stereocenters. The molecule has 0 bridgehead atoms. The van der Waals surface area contributed by atoms with Crippen LogP contribution < -0.4 is 5.32 Å². The molecule has 0 spiro atoms. The molecule has 1 aliphatic carbocycles. The van der Waals surface area contributed by atoms with Gasteiger partial charge in [-0.1, -0.05) is 24.3 Å². The average Bonchev–Trinajstić information content (AvgIpc) is 2.94. The van der Waals surface area contributed by atoms with E-state index in [1.807, 2.05) is 18.2 Å². The van der Waals surface area contributed by atoms with Crippen molar-refractivity contribution in [1.29, 1.82) is 0 Å². The highest BCUT2D eigenvalue weighted by Crippen LogP contribution is 2.54. The molecule has 1 aromatic rings. The van der Waals surface area contributed by atoms with Crippen LogP contribution >= 0.6 is 12.4 Å². The Morgan fingerprint density at radius 2 is 2.20 bits per heavy atom. The summed E-state index contributed by atoms with van der Waals surface area (Å²) in [5.41, 5.74) is 1.81. The standard InChI is InChI=1S/C11H11NO2.ClH/c13-10(14)11-5-9(11)8-4-2-1-3-7(8)6-12-11;/h1-4,9,12H,5-6H2,(H,13,14);1H. The lowest BCUT2D eigenvalue weighted by Crippen LogP contribution is -2.42. The maximum atomic E-state index is 11.1. The van der Waals surface area contributed by atoms with E-state index in [9.17, 15) is 4.79 Å². The molecule has 0 saturated heterocycles. The van der Waals surface area contributed by atoms with Crippen molar-refractivity contribution < 1.29 is 9.90 Å². The summed E-state index contributed by atoms with van der Waals surface area (Å²) in [4.78, 5) is 11.1. The maximum absolute atomic E-state index is 11.1. The Morgan fingerprint density at radius 3 is 2.93 bits per heavy atom. The monoisotopic (exact) mass is 225 g/mol. The fourth-order valence-electron chi connectivity index (χ4n) is 2.43. The van der Waals surface area contributed by atoms with Gasteiger partial charge in [-0.15, -0.1) is 12.4 Å². The van der Waals surface area contributed by atoms with Crippen LogP contribution in [0.4, 0.5) is 0 Å². The molecular formula is C11H12ClNO2. The van der Waals surface area contributed by atoms with E-state index in [2.05, 4.69) is 11.4 Å². The highest BCUT2D eigenvalue weighted by Gasteiger charge is 2.63. The maximum Gasteiger partial charge on any atom is 0.324 e. The van der Waals surface area contributed by atoms with E-state index in [4.69, 9.17) is 5.11 Å². The Kier molecular flexibility index (Phi) is 2.24. The van der Waals surface area contributed by atoms with E-state index < -0.39 is 11.5 Å². The Morgan fingerprint density at radius 1 is 1.47 bits per heavy atom. The van der Waals surface area contributed by atoms with Gasteiger partial charge in [0.1, 0.15) is 5.54 Å². The summed E-state index contributed by atoms with van der Waals surface area (Å²) in [6, 6.07) is 8.09. The Hall–Kier alpha value is -1.06. The topological polar surface area (TPSA) is 49.3 Å². The van der Waals surface area contributed by atoms with Crippen LogP contribution in [0.5, 0.6) is 0 Å². The minimum atomic E-state index is -0.711. The molecular weight excluding hydrogens is 214 g/mol. The fourth-order valence-corrected chi connectivity index (χ4v) is 2.43. The van der Waals surface area contributed by atoms with Gasteiger partial charge in [0, 0.05) is 12.5 Å². The molecule has 2 aliphatic rings. The van der Waals surface area contributed by atoms with Crippen LogP contribution in [0.15, 0.2) is 24.3 Å². The van der Waals surface area contributed by atoms with Gasteiger partial charge in [-0.3, -0.25) is 10.1 Å². The van der Waals surface area contributed by atoms with Gasteiger partial charge in [-0.05, 0) is 17.5 Å². The Balaban J connectivity index is 0.000000853. The van der Waals surface area contributed by atoms with Crippen molar-refractivity contribution in [2.45, 2.75) is 24.4 Å². The van der Waals surface area contributed by atoms with Gasteiger partial charge in [0.25, 0.3) is 0 Å². The predicted molar refractivity (Wildman–Crippen MR) is 58.3 cm³/mol. The van der Waals surface area contributed by atoms with Crippen LogP contribution in [0.1, 0.15) is 23.5 Å². The quantitative estimate of drug-likeness (QED) is 0.762. The first-order valence-electron chi connectivity index (χ1n) is 4.80. The first-order chi connectivity index (χ1) is 6.74.